The Morgan fingerprint density at radius 1 is 0.629 bits per heavy atom. The van der Waals surface area contributed by atoms with Gasteiger partial charge in [0.2, 0.25) is 0 Å². The van der Waals surface area contributed by atoms with E-state index in [1.54, 1.807) is 55.8 Å². The highest BCUT2D eigenvalue weighted by Crippen LogP contribution is 2.24. The maximum Gasteiger partial charge on any atom is 0.341 e. The van der Waals surface area contributed by atoms with Crippen LogP contribution in [0.15, 0.2) is 122 Å². The van der Waals surface area contributed by atoms with Gasteiger partial charge in [-0.15, -0.1) is 0 Å². The predicted molar refractivity (Wildman–Crippen MR) is 258 cm³/mol. The number of aliphatic hydroxyl groups excluding tert-OH is 1. The van der Waals surface area contributed by atoms with Crippen molar-refractivity contribution in [2.24, 2.45) is 5.73 Å². The normalized spacial score (nSPS) is 9.90. The van der Waals surface area contributed by atoms with E-state index in [2.05, 4.69) is 55.8 Å². The third kappa shape index (κ3) is 21.5. The van der Waals surface area contributed by atoms with Crippen molar-refractivity contribution in [3.05, 3.63) is 213 Å². The topological polar surface area (TPSA) is 215 Å². The Bertz CT molecular complexity index is 2810. The van der Waals surface area contributed by atoms with Crippen molar-refractivity contribution in [2.45, 2.75) is 54.8 Å². The van der Waals surface area contributed by atoms with E-state index in [4.69, 9.17) is 20.1 Å². The zero-order chi connectivity index (χ0) is 52.3. The smallest absolute Gasteiger partial charge is 0.341 e. The van der Waals surface area contributed by atoms with Crippen molar-refractivity contribution in [3.8, 4) is 11.5 Å². The Kier molecular flexibility index (Phi) is 24.8. The highest BCUT2D eigenvalue weighted by molar-refractivity contribution is 5.93. The molecule has 0 bridgehead atoms. The number of rotatable bonds is 9. The average Bonchev–Trinajstić information content (AvgIpc) is 3.30. The number of aromatic carboxylic acids is 1. The number of carboxylic acids is 1. The summed E-state index contributed by atoms with van der Waals surface area (Å²) < 4.78 is 57.6. The van der Waals surface area contributed by atoms with Crippen molar-refractivity contribution in [1.82, 2.24) is 29.8 Å². The van der Waals surface area contributed by atoms with Gasteiger partial charge in [-0.25, -0.2) is 22.4 Å². The van der Waals surface area contributed by atoms with Crippen LogP contribution in [0.1, 0.15) is 81.8 Å². The molecule has 5 N–H and O–H groups in total. The van der Waals surface area contributed by atoms with Crippen LogP contribution in [-0.2, 0) is 13.2 Å². The first kappa shape index (κ1) is 57.7. The Balaban J connectivity index is 0.000000298. The lowest BCUT2D eigenvalue weighted by Gasteiger charge is -2.09. The van der Waals surface area contributed by atoms with E-state index >= 15 is 0 Å². The number of aliphatic hydroxyl groups is 1. The van der Waals surface area contributed by atoms with Gasteiger partial charge in [0.25, 0.3) is 5.91 Å². The quantitative estimate of drug-likeness (QED) is 0.0785. The fourth-order valence-corrected chi connectivity index (χ4v) is 5.40. The Labute approximate surface area is 403 Å². The standard InChI is InChI=1S/C14H11F2NO3.C10H14N2.C7H5F2NO2.C7H9NO.C7H7NO.C7H9N/c1-8-6-9(4-5-17-8)7-20-11-3-2-10(15)12(13(11)16)14(18)19;1-9-8-10(4-6-11-9)5-7-12(2)3;8-3-1-2-4(11)6(9)5(3)7(10)12;2*1-6-4-7(5-9)2-3-8-6;1-6-3-4-8-7(2)5-6/h2-6H,7H2,1H3,(H,18,19);4-8H,1-3H3;1-2,11H,(H2,10,12);2-4,9H,5H2,1H3;2-5H,1H3;3-5H,1-2H3/b;7-5+;;;;. The van der Waals surface area contributed by atoms with Gasteiger partial charge in [0.15, 0.2) is 23.1 Å². The molecule has 14 nitrogen and oxygen atoms in total. The number of primary amides is 1. The number of phenolic OH excluding ortho intramolecular Hbond substituents is 1. The number of halogens is 4. The highest BCUT2D eigenvalue weighted by Gasteiger charge is 2.21. The van der Waals surface area contributed by atoms with Crippen LogP contribution >= 0.6 is 0 Å². The van der Waals surface area contributed by atoms with E-state index in [1.807, 2.05) is 83.5 Å². The second-order valence-electron chi connectivity index (χ2n) is 15.1. The summed E-state index contributed by atoms with van der Waals surface area (Å²) in [5, 5.41) is 26.1. The number of carboxylic acid groups (broad SMARTS) is 1. The number of aldehydes is 1. The molecule has 0 saturated heterocycles. The minimum Gasteiger partial charge on any atom is -0.505 e. The van der Waals surface area contributed by atoms with Gasteiger partial charge in [0, 0.05) is 79.1 Å². The molecule has 0 saturated carbocycles. The number of hydrogen-bond donors (Lipinski definition) is 4. The summed E-state index contributed by atoms with van der Waals surface area (Å²) >= 11 is 0. The predicted octanol–water partition coefficient (Wildman–Crippen LogP) is 9.42. The van der Waals surface area contributed by atoms with Crippen LogP contribution in [0, 0.1) is 64.8 Å². The molecule has 7 aromatic rings. The van der Waals surface area contributed by atoms with Crippen LogP contribution in [0.2, 0.25) is 0 Å². The lowest BCUT2D eigenvalue weighted by molar-refractivity contribution is 0.0684. The van der Waals surface area contributed by atoms with Gasteiger partial charge in [0.05, 0.1) is 6.61 Å². The molecule has 5 heterocycles. The summed E-state index contributed by atoms with van der Waals surface area (Å²) in [5.41, 5.74) is 12.3. The van der Waals surface area contributed by atoms with E-state index in [-0.39, 0.29) is 19.0 Å². The van der Waals surface area contributed by atoms with E-state index in [0.29, 0.717) is 5.56 Å². The minimum absolute atomic E-state index is 0.0327. The number of amides is 1. The second kappa shape index (κ2) is 30.1. The number of nitrogens with zero attached hydrogens (tertiary/aromatic N) is 6. The zero-order valence-electron chi connectivity index (χ0n) is 39.9. The summed E-state index contributed by atoms with van der Waals surface area (Å²) in [5.74, 6) is -8.81. The van der Waals surface area contributed by atoms with Crippen molar-refractivity contribution in [1.29, 1.82) is 0 Å². The van der Waals surface area contributed by atoms with E-state index < -0.39 is 52.0 Å². The molecular weight excluding hydrogens is 911 g/mol. The third-order valence-electron chi connectivity index (χ3n) is 8.68. The number of aromatic hydroxyl groups is 1. The number of aromatic nitrogens is 5. The molecule has 18 heteroatoms. The molecule has 0 radical (unpaired) electrons. The zero-order valence-corrected chi connectivity index (χ0v) is 39.9. The number of phenols is 1. The van der Waals surface area contributed by atoms with Crippen molar-refractivity contribution in [3.63, 3.8) is 0 Å². The molecule has 0 spiro atoms. The molecule has 5 aromatic heterocycles. The van der Waals surface area contributed by atoms with Crippen LogP contribution in [0.3, 0.4) is 0 Å². The maximum absolute atomic E-state index is 13.8. The molecule has 368 valence electrons. The molecular formula is C52H55F4N7O7. The first-order valence-electron chi connectivity index (χ1n) is 20.9. The number of carbonyl (C=O) groups is 3. The molecule has 0 aliphatic rings. The number of benzene rings is 2. The van der Waals surface area contributed by atoms with Crippen molar-refractivity contribution in [2.75, 3.05) is 14.1 Å². The first-order chi connectivity index (χ1) is 33.1. The summed E-state index contributed by atoms with van der Waals surface area (Å²) in [4.78, 5) is 53.4. The van der Waals surface area contributed by atoms with E-state index in [9.17, 15) is 31.9 Å². The monoisotopic (exact) mass is 965 g/mol. The second-order valence-corrected chi connectivity index (χ2v) is 15.1. The summed E-state index contributed by atoms with van der Waals surface area (Å²) in [6, 6.07) is 22.1. The van der Waals surface area contributed by atoms with Gasteiger partial charge in [0.1, 0.15) is 35.7 Å². The highest BCUT2D eigenvalue weighted by atomic mass is 19.1. The molecule has 0 fully saturated rings. The summed E-state index contributed by atoms with van der Waals surface area (Å²) in [6.07, 6.45) is 13.4. The fraction of sp³-hybridized carbons (Fsp3) is 0.192. The molecule has 0 atom stereocenters. The van der Waals surface area contributed by atoms with Gasteiger partial charge in [-0.1, -0.05) is 0 Å². The summed E-state index contributed by atoms with van der Waals surface area (Å²) in [6.45, 7) is 11.7. The molecule has 7 rings (SSSR count). The first-order valence-corrected chi connectivity index (χ1v) is 20.9. The number of carbonyl (C=O) groups excluding carboxylic acids is 2. The lowest BCUT2D eigenvalue weighted by Crippen LogP contribution is -2.15. The molecule has 70 heavy (non-hydrogen) atoms. The number of hydrogen-bond acceptors (Lipinski definition) is 12. The molecule has 0 unspecified atom stereocenters. The van der Waals surface area contributed by atoms with Crippen LogP contribution in [0.5, 0.6) is 11.5 Å². The fourth-order valence-electron chi connectivity index (χ4n) is 5.40. The van der Waals surface area contributed by atoms with Crippen LogP contribution in [0.25, 0.3) is 6.08 Å². The molecule has 1 amide bonds. The Morgan fingerprint density at radius 2 is 1.10 bits per heavy atom. The van der Waals surface area contributed by atoms with Gasteiger partial charge in [-0.2, -0.15) is 0 Å². The van der Waals surface area contributed by atoms with E-state index in [0.717, 1.165) is 70.1 Å². The van der Waals surface area contributed by atoms with Gasteiger partial charge >= 0.3 is 5.97 Å². The van der Waals surface area contributed by atoms with Crippen molar-refractivity contribution < 1.29 is 52.0 Å². The minimum atomic E-state index is -1.68. The Hall–Kier alpha value is -8.38. The van der Waals surface area contributed by atoms with Gasteiger partial charge < -0.3 is 30.7 Å². The largest absolute Gasteiger partial charge is 0.505 e. The van der Waals surface area contributed by atoms with Gasteiger partial charge in [-0.3, -0.25) is 34.5 Å². The molecule has 2 aromatic carbocycles. The number of aryl methyl sites for hydroxylation is 6. The van der Waals surface area contributed by atoms with Gasteiger partial charge in [-0.05, 0) is 161 Å². The number of ether oxygens (including phenoxy) is 1. The molecule has 0 aliphatic heterocycles. The van der Waals surface area contributed by atoms with Crippen molar-refractivity contribution >= 4 is 24.2 Å². The third-order valence-corrected chi connectivity index (χ3v) is 8.68. The van der Waals surface area contributed by atoms with Crippen LogP contribution in [-0.4, -0.2) is 77.4 Å². The average molecular weight is 966 g/mol. The van der Waals surface area contributed by atoms with Crippen LogP contribution in [0.4, 0.5) is 17.6 Å². The Morgan fingerprint density at radius 3 is 1.53 bits per heavy atom. The molecule has 0 aliphatic carbocycles. The summed E-state index contributed by atoms with van der Waals surface area (Å²) in [7, 11) is 4.01. The lowest BCUT2D eigenvalue weighted by atomic mass is 10.2. The SMILES string of the molecule is Cc1cc(/C=C/N(C)C)ccn1.Cc1cc(C=O)ccn1.Cc1cc(CO)ccn1.Cc1cc(COc2ccc(F)c(C(=O)O)c2F)ccn1.Cc1ccnc(C)c1.NC(=O)c1c(F)ccc(O)c1F. The van der Waals surface area contributed by atoms with E-state index in [1.165, 1.54) is 11.1 Å². The maximum atomic E-state index is 13.8. The number of pyridine rings is 5. The number of nitrogens with two attached hydrogens (primary N) is 1. The van der Waals surface area contributed by atoms with Crippen LogP contribution < -0.4 is 10.5 Å².